The van der Waals surface area contributed by atoms with Gasteiger partial charge in [0.05, 0.1) is 6.61 Å². The van der Waals surface area contributed by atoms with Crippen LogP contribution >= 0.6 is 0 Å². The summed E-state index contributed by atoms with van der Waals surface area (Å²) in [6, 6.07) is 0. The Bertz CT molecular complexity index is 263. The lowest BCUT2D eigenvalue weighted by atomic mass is 9.85. The van der Waals surface area contributed by atoms with Crippen molar-refractivity contribution >= 4 is 5.97 Å². The highest BCUT2D eigenvalue weighted by atomic mass is 19.3. The number of halogens is 2. The van der Waals surface area contributed by atoms with Gasteiger partial charge >= 0.3 is 11.9 Å². The van der Waals surface area contributed by atoms with Crippen LogP contribution in [0.5, 0.6) is 0 Å². The molecule has 16 heavy (non-hydrogen) atoms. The molecule has 4 nitrogen and oxygen atoms in total. The van der Waals surface area contributed by atoms with Crippen LogP contribution in [0.3, 0.4) is 0 Å². The van der Waals surface area contributed by atoms with Gasteiger partial charge in [0.25, 0.3) is 0 Å². The van der Waals surface area contributed by atoms with Crippen molar-refractivity contribution in [2.75, 3.05) is 26.7 Å². The molecule has 1 saturated heterocycles. The first kappa shape index (κ1) is 13.3. The minimum atomic E-state index is -3.83. The highest BCUT2D eigenvalue weighted by molar-refractivity contribution is 5.79. The molecule has 1 N–H and O–H groups in total. The number of aliphatic hydroxyl groups is 1. The summed E-state index contributed by atoms with van der Waals surface area (Å²) in [6.45, 7) is 2.01. The molecule has 0 aliphatic carbocycles. The van der Waals surface area contributed by atoms with E-state index in [9.17, 15) is 18.7 Å². The van der Waals surface area contributed by atoms with Crippen LogP contribution in [0, 0.1) is 0 Å². The van der Waals surface area contributed by atoms with Gasteiger partial charge in [0.2, 0.25) is 0 Å². The SMILES string of the molecule is CCOC(=O)C(F)(F)C1(O)CCN(C)CC1. The van der Waals surface area contributed by atoms with E-state index in [-0.39, 0.29) is 19.4 Å². The molecule has 0 radical (unpaired) electrons. The van der Waals surface area contributed by atoms with Gasteiger partial charge in [0, 0.05) is 13.1 Å². The Morgan fingerprint density at radius 3 is 2.44 bits per heavy atom. The molecule has 0 unspecified atom stereocenters. The van der Waals surface area contributed by atoms with Gasteiger partial charge in [-0.3, -0.25) is 0 Å². The standard InChI is InChI=1S/C10H17F2NO3/c1-3-16-8(14)10(11,12)9(15)4-6-13(2)7-5-9/h15H,3-7H2,1-2H3. The molecule has 0 saturated carbocycles. The molecule has 0 atom stereocenters. The quantitative estimate of drug-likeness (QED) is 0.732. The van der Waals surface area contributed by atoms with Crippen molar-refractivity contribution in [1.82, 2.24) is 4.90 Å². The van der Waals surface area contributed by atoms with Crippen molar-refractivity contribution in [2.45, 2.75) is 31.3 Å². The number of rotatable bonds is 3. The van der Waals surface area contributed by atoms with Crippen molar-refractivity contribution in [1.29, 1.82) is 0 Å². The van der Waals surface area contributed by atoms with Crippen molar-refractivity contribution in [3.05, 3.63) is 0 Å². The first-order valence-electron chi connectivity index (χ1n) is 5.29. The fourth-order valence-electron chi connectivity index (χ4n) is 1.71. The fourth-order valence-corrected chi connectivity index (χ4v) is 1.71. The lowest BCUT2D eigenvalue weighted by molar-refractivity contribution is -0.222. The first-order chi connectivity index (χ1) is 7.33. The van der Waals surface area contributed by atoms with Gasteiger partial charge in [-0.2, -0.15) is 8.78 Å². The van der Waals surface area contributed by atoms with Crippen LogP contribution < -0.4 is 0 Å². The fraction of sp³-hybridized carbons (Fsp3) is 0.900. The van der Waals surface area contributed by atoms with Crippen molar-refractivity contribution in [2.24, 2.45) is 0 Å². The number of carbonyl (C=O) groups is 1. The predicted octanol–water partition coefficient (Wildman–Crippen LogP) is 0.642. The normalized spacial score (nSPS) is 21.8. The number of esters is 1. The molecule has 0 bridgehead atoms. The van der Waals surface area contributed by atoms with E-state index in [1.807, 2.05) is 4.90 Å². The number of alkyl halides is 2. The maximum absolute atomic E-state index is 13.7. The van der Waals surface area contributed by atoms with E-state index in [1.54, 1.807) is 7.05 Å². The average Bonchev–Trinajstić information content (AvgIpc) is 2.23. The second-order valence-corrected chi connectivity index (χ2v) is 4.13. The number of piperidine rings is 1. The minimum absolute atomic E-state index is 0.121. The number of likely N-dealkylation sites (tertiary alicyclic amines) is 1. The monoisotopic (exact) mass is 237 g/mol. The van der Waals surface area contributed by atoms with E-state index in [4.69, 9.17) is 0 Å². The molecule has 0 aromatic heterocycles. The third-order valence-corrected chi connectivity index (χ3v) is 2.93. The summed E-state index contributed by atoms with van der Waals surface area (Å²) in [5.74, 6) is -5.47. The van der Waals surface area contributed by atoms with Crippen molar-refractivity contribution in [3.63, 3.8) is 0 Å². The van der Waals surface area contributed by atoms with E-state index in [2.05, 4.69) is 4.74 Å². The Labute approximate surface area is 93.2 Å². The number of hydrogen-bond donors (Lipinski definition) is 1. The molecule has 1 rings (SSSR count). The largest absolute Gasteiger partial charge is 0.461 e. The second kappa shape index (κ2) is 4.63. The topological polar surface area (TPSA) is 49.8 Å². The van der Waals surface area contributed by atoms with Crippen LogP contribution in [-0.4, -0.2) is 54.2 Å². The molecular formula is C10H17F2NO3. The van der Waals surface area contributed by atoms with Gasteiger partial charge in [-0.25, -0.2) is 4.79 Å². The molecule has 1 aliphatic rings. The third-order valence-electron chi connectivity index (χ3n) is 2.93. The molecule has 0 amide bonds. The van der Waals surface area contributed by atoms with Crippen LogP contribution in [0.4, 0.5) is 8.78 Å². The van der Waals surface area contributed by atoms with E-state index >= 15 is 0 Å². The van der Waals surface area contributed by atoms with E-state index in [1.165, 1.54) is 6.92 Å². The summed E-state index contributed by atoms with van der Waals surface area (Å²) >= 11 is 0. The van der Waals surface area contributed by atoms with Crippen LogP contribution in [-0.2, 0) is 9.53 Å². The molecule has 94 valence electrons. The third kappa shape index (κ3) is 2.32. The van der Waals surface area contributed by atoms with Gasteiger partial charge in [-0.15, -0.1) is 0 Å². The van der Waals surface area contributed by atoms with Crippen LogP contribution in [0.25, 0.3) is 0 Å². The molecule has 0 spiro atoms. The maximum atomic E-state index is 13.7. The van der Waals surface area contributed by atoms with Crippen molar-refractivity contribution in [3.8, 4) is 0 Å². The second-order valence-electron chi connectivity index (χ2n) is 4.13. The molecular weight excluding hydrogens is 220 g/mol. The Hall–Kier alpha value is -0.750. The zero-order valence-corrected chi connectivity index (χ0v) is 9.50. The summed E-state index contributed by atoms with van der Waals surface area (Å²) in [6.07, 6.45) is -0.259. The van der Waals surface area contributed by atoms with Gasteiger partial charge in [-0.1, -0.05) is 0 Å². The average molecular weight is 237 g/mol. The summed E-state index contributed by atoms with van der Waals surface area (Å²) < 4.78 is 31.6. The number of nitrogens with zero attached hydrogens (tertiary/aromatic N) is 1. The molecule has 6 heteroatoms. The molecule has 1 aliphatic heterocycles. The smallest absolute Gasteiger partial charge is 0.380 e. The lowest BCUT2D eigenvalue weighted by Crippen LogP contribution is -2.58. The summed E-state index contributed by atoms with van der Waals surface area (Å²) in [4.78, 5) is 12.9. The summed E-state index contributed by atoms with van der Waals surface area (Å²) in [5, 5.41) is 9.84. The Morgan fingerprint density at radius 1 is 1.50 bits per heavy atom. The zero-order valence-electron chi connectivity index (χ0n) is 9.50. The van der Waals surface area contributed by atoms with Crippen molar-refractivity contribution < 1.29 is 23.4 Å². The Kier molecular flexibility index (Phi) is 3.85. The molecule has 0 aromatic rings. The first-order valence-corrected chi connectivity index (χ1v) is 5.29. The van der Waals surface area contributed by atoms with Gasteiger partial charge in [0.1, 0.15) is 5.60 Å². The van der Waals surface area contributed by atoms with Gasteiger partial charge in [-0.05, 0) is 26.8 Å². The van der Waals surface area contributed by atoms with E-state index in [0.717, 1.165) is 0 Å². The molecule has 0 aromatic carbocycles. The number of carbonyl (C=O) groups excluding carboxylic acids is 1. The van der Waals surface area contributed by atoms with E-state index < -0.39 is 17.5 Å². The lowest BCUT2D eigenvalue weighted by Gasteiger charge is -2.39. The molecule has 1 heterocycles. The number of hydrogen-bond acceptors (Lipinski definition) is 4. The van der Waals surface area contributed by atoms with Gasteiger partial charge in [0.15, 0.2) is 0 Å². The van der Waals surface area contributed by atoms with Crippen LogP contribution in [0.15, 0.2) is 0 Å². The minimum Gasteiger partial charge on any atom is -0.461 e. The van der Waals surface area contributed by atoms with E-state index in [0.29, 0.717) is 13.1 Å². The predicted molar refractivity (Wildman–Crippen MR) is 53.3 cm³/mol. The highest BCUT2D eigenvalue weighted by Crippen LogP contribution is 2.37. The van der Waals surface area contributed by atoms with Crippen LogP contribution in [0.1, 0.15) is 19.8 Å². The van der Waals surface area contributed by atoms with Crippen LogP contribution in [0.2, 0.25) is 0 Å². The maximum Gasteiger partial charge on any atom is 0.380 e. The summed E-state index contributed by atoms with van der Waals surface area (Å²) in [7, 11) is 1.78. The van der Waals surface area contributed by atoms with Gasteiger partial charge < -0.3 is 14.7 Å². The Balaban J connectivity index is 2.77. The summed E-state index contributed by atoms with van der Waals surface area (Å²) in [5.41, 5.74) is -2.27. The zero-order chi connectivity index (χ0) is 12.4. The Morgan fingerprint density at radius 2 is 2.00 bits per heavy atom. The highest BCUT2D eigenvalue weighted by Gasteiger charge is 2.59. The molecule has 1 fully saturated rings. The number of ether oxygens (including phenoxy) is 1.